The number of ether oxygens (including phenoxy) is 1. The lowest BCUT2D eigenvalue weighted by molar-refractivity contribution is -0.0669. The number of rotatable bonds is 6. The molecule has 108 valence electrons. The average molecular weight is 265 g/mol. The summed E-state index contributed by atoms with van der Waals surface area (Å²) in [6.07, 6.45) is 11.3. The number of nitrogens with one attached hydrogen (secondary N) is 1. The van der Waals surface area contributed by atoms with Crippen molar-refractivity contribution < 1.29 is 4.74 Å². The minimum atomic E-state index is 0.00407. The first-order valence-electron chi connectivity index (χ1n) is 7.46. The molecule has 0 bridgehead atoms. The highest BCUT2D eigenvalue weighted by Crippen LogP contribution is 2.35. The monoisotopic (exact) mass is 265 g/mol. The van der Waals surface area contributed by atoms with E-state index in [9.17, 15) is 0 Å². The number of nitrogens with zero attached hydrogens (tertiary/aromatic N) is 2. The fourth-order valence-electron chi connectivity index (χ4n) is 3.35. The summed E-state index contributed by atoms with van der Waals surface area (Å²) in [4.78, 5) is 0. The predicted molar refractivity (Wildman–Crippen MR) is 77.2 cm³/mol. The van der Waals surface area contributed by atoms with Crippen LogP contribution in [0.25, 0.3) is 0 Å². The molecule has 1 aliphatic carbocycles. The van der Waals surface area contributed by atoms with E-state index in [-0.39, 0.29) is 5.60 Å². The lowest BCUT2D eigenvalue weighted by Gasteiger charge is -2.43. The molecule has 1 aromatic rings. The number of aromatic nitrogens is 2. The van der Waals surface area contributed by atoms with Crippen LogP contribution in [0.2, 0.25) is 0 Å². The first kappa shape index (κ1) is 14.5. The maximum Gasteiger partial charge on any atom is 0.0834 e. The Balaban J connectivity index is 2.12. The largest absolute Gasteiger partial charge is 0.377 e. The van der Waals surface area contributed by atoms with E-state index in [4.69, 9.17) is 4.74 Å². The Bertz CT molecular complexity index is 382. The molecule has 0 amide bonds. The third-order valence-corrected chi connectivity index (χ3v) is 4.39. The maximum atomic E-state index is 5.98. The maximum absolute atomic E-state index is 5.98. The van der Waals surface area contributed by atoms with Crippen LogP contribution in [0.3, 0.4) is 0 Å². The molecule has 1 aliphatic rings. The van der Waals surface area contributed by atoms with Crippen LogP contribution in [0, 0.1) is 0 Å². The van der Waals surface area contributed by atoms with Gasteiger partial charge in [0.25, 0.3) is 0 Å². The molecular formula is C15H27N3O. The van der Waals surface area contributed by atoms with Crippen molar-refractivity contribution in [2.45, 2.75) is 57.1 Å². The van der Waals surface area contributed by atoms with Crippen LogP contribution in [0.4, 0.5) is 0 Å². The zero-order valence-corrected chi connectivity index (χ0v) is 12.5. The number of aryl methyl sites for hydroxylation is 1. The Morgan fingerprint density at radius 1 is 1.42 bits per heavy atom. The number of hydrogen-bond donors (Lipinski definition) is 1. The first-order valence-corrected chi connectivity index (χ1v) is 7.46. The summed E-state index contributed by atoms with van der Waals surface area (Å²) in [7, 11) is 3.84. The highest BCUT2D eigenvalue weighted by molar-refractivity contribution is 5.10. The zero-order chi connectivity index (χ0) is 13.7. The van der Waals surface area contributed by atoms with Crippen LogP contribution >= 0.6 is 0 Å². The topological polar surface area (TPSA) is 39.1 Å². The minimum Gasteiger partial charge on any atom is -0.377 e. The zero-order valence-electron chi connectivity index (χ0n) is 12.5. The molecular weight excluding hydrogens is 238 g/mol. The molecule has 0 aromatic carbocycles. The molecule has 1 unspecified atom stereocenters. The Hall–Kier alpha value is -0.870. The van der Waals surface area contributed by atoms with Crippen molar-refractivity contribution in [1.29, 1.82) is 0 Å². The van der Waals surface area contributed by atoms with Crippen LogP contribution < -0.4 is 5.32 Å². The molecule has 4 heteroatoms. The van der Waals surface area contributed by atoms with E-state index in [1.165, 1.54) is 37.7 Å². The summed E-state index contributed by atoms with van der Waals surface area (Å²) in [5, 5.41) is 7.91. The van der Waals surface area contributed by atoms with Crippen LogP contribution in [0.15, 0.2) is 12.4 Å². The minimum absolute atomic E-state index is 0.00407. The van der Waals surface area contributed by atoms with Gasteiger partial charge in [-0.25, -0.2) is 0 Å². The molecule has 1 aromatic heterocycles. The standard InChI is InChI=1S/C15H27N3O/c1-4-16-14(10-13-11-17-18(2)12-13)15(19-3)8-6-5-7-9-15/h11-12,14,16H,4-10H2,1-3H3. The molecule has 2 rings (SSSR count). The van der Waals surface area contributed by atoms with Gasteiger partial charge in [-0.15, -0.1) is 0 Å². The second kappa shape index (κ2) is 6.53. The third-order valence-electron chi connectivity index (χ3n) is 4.39. The molecule has 1 saturated carbocycles. The molecule has 0 aliphatic heterocycles. The Morgan fingerprint density at radius 3 is 2.68 bits per heavy atom. The van der Waals surface area contributed by atoms with Crippen LogP contribution in [-0.4, -0.2) is 35.1 Å². The van der Waals surface area contributed by atoms with Crippen molar-refractivity contribution in [1.82, 2.24) is 15.1 Å². The van der Waals surface area contributed by atoms with Gasteiger partial charge in [0.15, 0.2) is 0 Å². The van der Waals surface area contributed by atoms with Crippen molar-refractivity contribution in [2.75, 3.05) is 13.7 Å². The summed E-state index contributed by atoms with van der Waals surface area (Å²) in [5.41, 5.74) is 1.29. The number of hydrogen-bond acceptors (Lipinski definition) is 3. The van der Waals surface area contributed by atoms with E-state index >= 15 is 0 Å². The molecule has 0 saturated heterocycles. The normalized spacial score (nSPS) is 20.4. The highest BCUT2D eigenvalue weighted by atomic mass is 16.5. The van der Waals surface area contributed by atoms with E-state index in [2.05, 4.69) is 23.5 Å². The molecule has 1 N–H and O–H groups in total. The van der Waals surface area contributed by atoms with Crippen LogP contribution in [0.5, 0.6) is 0 Å². The molecule has 4 nitrogen and oxygen atoms in total. The summed E-state index contributed by atoms with van der Waals surface area (Å²) in [5.74, 6) is 0. The summed E-state index contributed by atoms with van der Waals surface area (Å²) in [6.45, 7) is 3.15. The van der Waals surface area contributed by atoms with Gasteiger partial charge in [-0.05, 0) is 31.4 Å². The second-order valence-corrected chi connectivity index (χ2v) is 5.67. The molecule has 19 heavy (non-hydrogen) atoms. The van der Waals surface area contributed by atoms with Crippen LogP contribution in [0.1, 0.15) is 44.6 Å². The van der Waals surface area contributed by atoms with Gasteiger partial charge in [0.2, 0.25) is 0 Å². The SMILES string of the molecule is CCNC(Cc1cnn(C)c1)C1(OC)CCCCC1. The summed E-state index contributed by atoms with van der Waals surface area (Å²) >= 11 is 0. The van der Waals surface area contributed by atoms with Crippen molar-refractivity contribution in [3.8, 4) is 0 Å². The van der Waals surface area contributed by atoms with Crippen LogP contribution in [-0.2, 0) is 18.2 Å². The van der Waals surface area contributed by atoms with E-state index in [1.54, 1.807) is 0 Å². The lowest BCUT2D eigenvalue weighted by Crippen LogP contribution is -2.54. The summed E-state index contributed by atoms with van der Waals surface area (Å²) in [6, 6.07) is 0.381. The second-order valence-electron chi connectivity index (χ2n) is 5.67. The van der Waals surface area contributed by atoms with Gasteiger partial charge in [0, 0.05) is 26.4 Å². The third kappa shape index (κ3) is 3.37. The molecule has 0 spiro atoms. The molecule has 1 fully saturated rings. The molecule has 0 radical (unpaired) electrons. The Morgan fingerprint density at radius 2 is 2.16 bits per heavy atom. The fraction of sp³-hybridized carbons (Fsp3) is 0.800. The van der Waals surface area contributed by atoms with E-state index < -0.39 is 0 Å². The van der Waals surface area contributed by atoms with Gasteiger partial charge in [0.1, 0.15) is 0 Å². The van der Waals surface area contributed by atoms with E-state index in [0.29, 0.717) is 6.04 Å². The average Bonchev–Trinajstić information content (AvgIpc) is 2.84. The van der Waals surface area contributed by atoms with Crippen molar-refractivity contribution in [3.63, 3.8) is 0 Å². The van der Waals surface area contributed by atoms with Crippen molar-refractivity contribution >= 4 is 0 Å². The predicted octanol–water partition coefficient (Wildman–Crippen LogP) is 2.29. The van der Waals surface area contributed by atoms with Crippen molar-refractivity contribution in [2.24, 2.45) is 7.05 Å². The smallest absolute Gasteiger partial charge is 0.0834 e. The highest BCUT2D eigenvalue weighted by Gasteiger charge is 2.39. The lowest BCUT2D eigenvalue weighted by atomic mass is 9.77. The quantitative estimate of drug-likeness (QED) is 0.858. The van der Waals surface area contributed by atoms with Gasteiger partial charge in [-0.3, -0.25) is 4.68 Å². The molecule has 1 atom stereocenters. The first-order chi connectivity index (χ1) is 9.20. The Kier molecular flexibility index (Phi) is 4.99. The van der Waals surface area contributed by atoms with E-state index in [0.717, 1.165) is 13.0 Å². The fourth-order valence-corrected chi connectivity index (χ4v) is 3.35. The van der Waals surface area contributed by atoms with Gasteiger partial charge >= 0.3 is 0 Å². The Labute approximate surface area is 116 Å². The van der Waals surface area contributed by atoms with Gasteiger partial charge in [-0.2, -0.15) is 5.10 Å². The van der Waals surface area contributed by atoms with Crippen molar-refractivity contribution in [3.05, 3.63) is 18.0 Å². The number of methoxy groups -OCH3 is 1. The van der Waals surface area contributed by atoms with E-state index in [1.807, 2.05) is 25.0 Å². The van der Waals surface area contributed by atoms with Gasteiger partial charge in [0.05, 0.1) is 11.8 Å². The van der Waals surface area contributed by atoms with Gasteiger partial charge < -0.3 is 10.1 Å². The van der Waals surface area contributed by atoms with Gasteiger partial charge in [-0.1, -0.05) is 26.2 Å². The number of likely N-dealkylation sites (N-methyl/N-ethyl adjacent to an activating group) is 1. The summed E-state index contributed by atoms with van der Waals surface area (Å²) < 4.78 is 7.86. The molecule has 1 heterocycles.